The lowest BCUT2D eigenvalue weighted by Gasteiger charge is -2.12. The van der Waals surface area contributed by atoms with Crippen molar-refractivity contribution in [2.24, 2.45) is 0 Å². The molecule has 4 rings (SSSR count). The number of halogens is 1. The van der Waals surface area contributed by atoms with E-state index < -0.39 is 0 Å². The van der Waals surface area contributed by atoms with Crippen molar-refractivity contribution in [2.45, 2.75) is 12.8 Å². The van der Waals surface area contributed by atoms with Gasteiger partial charge in [0.25, 0.3) is 5.91 Å². The molecule has 3 aromatic rings. The predicted octanol–water partition coefficient (Wildman–Crippen LogP) is 4.96. The molecule has 1 amide bonds. The molecule has 1 N–H and O–H groups in total. The lowest BCUT2D eigenvalue weighted by Crippen LogP contribution is -2.13. The van der Waals surface area contributed by atoms with Gasteiger partial charge in [-0.05, 0) is 69.6 Å². The molecule has 1 aliphatic carbocycles. The molecule has 120 valence electrons. The highest BCUT2D eigenvalue weighted by molar-refractivity contribution is 9.10. The van der Waals surface area contributed by atoms with E-state index in [1.165, 1.54) is 16.5 Å². The number of aryl methyl sites for hydroxylation is 2. The first kappa shape index (κ1) is 15.2. The van der Waals surface area contributed by atoms with E-state index in [0.717, 1.165) is 28.4 Å². The van der Waals surface area contributed by atoms with Crippen molar-refractivity contribution in [2.75, 3.05) is 12.4 Å². The molecule has 0 aromatic heterocycles. The van der Waals surface area contributed by atoms with Gasteiger partial charge in [0.15, 0.2) is 0 Å². The van der Waals surface area contributed by atoms with Gasteiger partial charge < -0.3 is 10.1 Å². The number of amides is 1. The number of hydrogen-bond donors (Lipinski definition) is 1. The van der Waals surface area contributed by atoms with Gasteiger partial charge in [0.1, 0.15) is 5.75 Å². The lowest BCUT2D eigenvalue weighted by atomic mass is 10.0. The number of hydrogen-bond acceptors (Lipinski definition) is 2. The Labute approximate surface area is 148 Å². The second kappa shape index (κ2) is 5.95. The Kier molecular flexibility index (Phi) is 3.77. The molecule has 3 aromatic carbocycles. The van der Waals surface area contributed by atoms with Gasteiger partial charge in [-0.1, -0.05) is 24.3 Å². The van der Waals surface area contributed by atoms with E-state index in [0.29, 0.717) is 11.3 Å². The van der Waals surface area contributed by atoms with Gasteiger partial charge in [0, 0.05) is 15.5 Å². The SMILES string of the molecule is COc1ccc(Br)c(C(=O)Nc2ccc3c4c(cccc24)CC3)c1. The number of carbonyl (C=O) groups excluding carboxylic acids is 1. The molecule has 24 heavy (non-hydrogen) atoms. The minimum absolute atomic E-state index is 0.153. The lowest BCUT2D eigenvalue weighted by molar-refractivity contribution is 0.102. The molecule has 0 saturated carbocycles. The molecule has 0 radical (unpaired) electrons. The Morgan fingerprint density at radius 2 is 1.88 bits per heavy atom. The first-order valence-electron chi connectivity index (χ1n) is 7.86. The smallest absolute Gasteiger partial charge is 0.256 e. The molecule has 0 spiro atoms. The maximum absolute atomic E-state index is 12.7. The van der Waals surface area contributed by atoms with Gasteiger partial charge in [0.05, 0.1) is 12.7 Å². The van der Waals surface area contributed by atoms with Gasteiger partial charge in [-0.25, -0.2) is 0 Å². The molecule has 3 nitrogen and oxygen atoms in total. The molecule has 0 heterocycles. The van der Waals surface area contributed by atoms with Crippen molar-refractivity contribution in [3.8, 4) is 5.75 Å². The normalized spacial score (nSPS) is 12.4. The van der Waals surface area contributed by atoms with Crippen LogP contribution in [0.5, 0.6) is 5.75 Å². The number of nitrogens with one attached hydrogen (secondary N) is 1. The number of ether oxygens (including phenoxy) is 1. The highest BCUT2D eigenvalue weighted by Crippen LogP contribution is 2.35. The zero-order chi connectivity index (χ0) is 16.7. The first-order valence-corrected chi connectivity index (χ1v) is 8.65. The third kappa shape index (κ3) is 2.47. The fraction of sp³-hybridized carbons (Fsp3) is 0.150. The molecule has 0 atom stereocenters. The van der Waals surface area contributed by atoms with E-state index >= 15 is 0 Å². The van der Waals surface area contributed by atoms with Crippen LogP contribution in [0.2, 0.25) is 0 Å². The zero-order valence-corrected chi connectivity index (χ0v) is 14.8. The molecular weight excluding hydrogens is 366 g/mol. The second-order valence-electron chi connectivity index (χ2n) is 5.91. The van der Waals surface area contributed by atoms with Crippen LogP contribution < -0.4 is 10.1 Å². The average molecular weight is 382 g/mol. The van der Waals surface area contributed by atoms with Crippen LogP contribution in [-0.4, -0.2) is 13.0 Å². The average Bonchev–Trinajstić information content (AvgIpc) is 3.02. The van der Waals surface area contributed by atoms with E-state index in [1.54, 1.807) is 13.2 Å². The molecule has 0 bridgehead atoms. The Morgan fingerprint density at radius 3 is 2.67 bits per heavy atom. The van der Waals surface area contributed by atoms with Crippen LogP contribution in [0.4, 0.5) is 5.69 Å². The monoisotopic (exact) mass is 381 g/mol. The van der Waals surface area contributed by atoms with E-state index in [9.17, 15) is 4.79 Å². The summed E-state index contributed by atoms with van der Waals surface area (Å²) in [6.45, 7) is 0. The third-order valence-electron chi connectivity index (χ3n) is 4.54. The van der Waals surface area contributed by atoms with Crippen molar-refractivity contribution < 1.29 is 9.53 Å². The molecule has 4 heteroatoms. The molecular formula is C20H16BrNO2. The van der Waals surface area contributed by atoms with Gasteiger partial charge in [-0.2, -0.15) is 0 Å². The van der Waals surface area contributed by atoms with Crippen molar-refractivity contribution in [1.82, 2.24) is 0 Å². The topological polar surface area (TPSA) is 38.3 Å². The number of anilines is 1. The van der Waals surface area contributed by atoms with Crippen molar-refractivity contribution in [1.29, 1.82) is 0 Å². The summed E-state index contributed by atoms with van der Waals surface area (Å²) in [5.41, 5.74) is 4.12. The van der Waals surface area contributed by atoms with Crippen LogP contribution in [0.1, 0.15) is 21.5 Å². The first-order chi connectivity index (χ1) is 11.7. The molecule has 0 unspecified atom stereocenters. The van der Waals surface area contributed by atoms with Crippen LogP contribution in [0.25, 0.3) is 10.8 Å². The van der Waals surface area contributed by atoms with Crippen LogP contribution in [-0.2, 0) is 12.8 Å². The molecule has 0 aliphatic heterocycles. The maximum Gasteiger partial charge on any atom is 0.256 e. The summed E-state index contributed by atoms with van der Waals surface area (Å²) < 4.78 is 5.96. The number of carbonyl (C=O) groups is 1. The number of benzene rings is 3. The van der Waals surface area contributed by atoms with Crippen molar-refractivity contribution in [3.63, 3.8) is 0 Å². The van der Waals surface area contributed by atoms with Gasteiger partial charge >= 0.3 is 0 Å². The summed E-state index contributed by atoms with van der Waals surface area (Å²) in [5.74, 6) is 0.503. The highest BCUT2D eigenvalue weighted by atomic mass is 79.9. The quantitative estimate of drug-likeness (QED) is 0.695. The molecule has 1 aliphatic rings. The van der Waals surface area contributed by atoms with E-state index in [-0.39, 0.29) is 5.91 Å². The molecule has 0 saturated heterocycles. The summed E-state index contributed by atoms with van der Waals surface area (Å²) in [4.78, 5) is 12.7. The summed E-state index contributed by atoms with van der Waals surface area (Å²) in [5, 5.41) is 5.45. The predicted molar refractivity (Wildman–Crippen MR) is 100 cm³/mol. The van der Waals surface area contributed by atoms with Crippen molar-refractivity contribution >= 4 is 38.3 Å². The van der Waals surface area contributed by atoms with Gasteiger partial charge in [0.2, 0.25) is 0 Å². The standard InChI is InChI=1S/C20H16BrNO2/c1-24-14-8-9-17(21)16(11-14)20(23)22-18-10-7-13-6-5-12-3-2-4-15(18)19(12)13/h2-4,7-11H,5-6H2,1H3,(H,22,23). The Bertz CT molecular complexity index is 955. The fourth-order valence-electron chi connectivity index (χ4n) is 3.35. The van der Waals surface area contributed by atoms with E-state index in [4.69, 9.17) is 4.74 Å². The fourth-order valence-corrected chi connectivity index (χ4v) is 3.78. The van der Waals surface area contributed by atoms with Crippen LogP contribution >= 0.6 is 15.9 Å². The largest absolute Gasteiger partial charge is 0.497 e. The highest BCUT2D eigenvalue weighted by Gasteiger charge is 2.18. The van der Waals surface area contributed by atoms with E-state index in [1.807, 2.05) is 18.2 Å². The minimum atomic E-state index is -0.153. The van der Waals surface area contributed by atoms with Crippen molar-refractivity contribution in [3.05, 3.63) is 69.7 Å². The maximum atomic E-state index is 12.7. The Balaban J connectivity index is 1.74. The van der Waals surface area contributed by atoms with Crippen LogP contribution in [0, 0.1) is 0 Å². The van der Waals surface area contributed by atoms with Crippen LogP contribution in [0.3, 0.4) is 0 Å². The summed E-state index contributed by atoms with van der Waals surface area (Å²) in [7, 11) is 1.59. The van der Waals surface area contributed by atoms with Crippen LogP contribution in [0.15, 0.2) is 53.0 Å². The summed E-state index contributed by atoms with van der Waals surface area (Å²) in [6.07, 6.45) is 2.15. The molecule has 0 fully saturated rings. The third-order valence-corrected chi connectivity index (χ3v) is 5.23. The second-order valence-corrected chi connectivity index (χ2v) is 6.77. The van der Waals surface area contributed by atoms with Gasteiger partial charge in [-0.3, -0.25) is 4.79 Å². The Hall–Kier alpha value is -2.33. The van der Waals surface area contributed by atoms with E-state index in [2.05, 4.69) is 45.5 Å². The summed E-state index contributed by atoms with van der Waals surface area (Å²) in [6, 6.07) is 15.8. The van der Waals surface area contributed by atoms with Gasteiger partial charge in [-0.15, -0.1) is 0 Å². The number of methoxy groups -OCH3 is 1. The zero-order valence-electron chi connectivity index (χ0n) is 13.2. The summed E-state index contributed by atoms with van der Waals surface area (Å²) >= 11 is 3.44. The minimum Gasteiger partial charge on any atom is -0.497 e. The number of rotatable bonds is 3. The Morgan fingerprint density at radius 1 is 1.08 bits per heavy atom.